The molecule has 0 N–H and O–H groups in total. The summed E-state index contributed by atoms with van der Waals surface area (Å²) in [6, 6.07) is 12.8. The lowest BCUT2D eigenvalue weighted by atomic mass is 9.99. The predicted octanol–water partition coefficient (Wildman–Crippen LogP) is 6.85. The molecule has 164 valence electrons. The lowest BCUT2D eigenvalue weighted by Crippen LogP contribution is -2.18. The summed E-state index contributed by atoms with van der Waals surface area (Å²) in [5.74, 6) is -4.19. The van der Waals surface area contributed by atoms with Crippen molar-refractivity contribution in [3.8, 4) is 22.6 Å². The molecular formula is C23H18F6O2. The van der Waals surface area contributed by atoms with E-state index in [1.54, 1.807) is 31.2 Å². The third-order valence-corrected chi connectivity index (χ3v) is 4.54. The van der Waals surface area contributed by atoms with Gasteiger partial charge in [0.2, 0.25) is 5.82 Å². The van der Waals surface area contributed by atoms with E-state index < -0.39 is 29.6 Å². The van der Waals surface area contributed by atoms with Crippen molar-refractivity contribution >= 4 is 0 Å². The van der Waals surface area contributed by atoms with E-state index in [2.05, 4.69) is 4.74 Å². The summed E-state index contributed by atoms with van der Waals surface area (Å²) in [5.41, 5.74) is 1.90. The molecular weight excluding hydrogens is 422 g/mol. The maximum absolute atomic E-state index is 14.3. The van der Waals surface area contributed by atoms with Crippen molar-refractivity contribution in [2.24, 2.45) is 0 Å². The lowest BCUT2D eigenvalue weighted by Gasteiger charge is -2.11. The average Bonchev–Trinajstić information content (AvgIpc) is 2.72. The van der Waals surface area contributed by atoms with Gasteiger partial charge < -0.3 is 9.47 Å². The number of rotatable bonds is 7. The Morgan fingerprint density at radius 2 is 1.35 bits per heavy atom. The first kappa shape index (κ1) is 22.5. The van der Waals surface area contributed by atoms with E-state index in [-0.39, 0.29) is 17.9 Å². The highest BCUT2D eigenvalue weighted by Gasteiger charge is 2.32. The Bertz CT molecular complexity index is 1050. The summed E-state index contributed by atoms with van der Waals surface area (Å²) in [5, 5.41) is 0. The second kappa shape index (κ2) is 9.32. The van der Waals surface area contributed by atoms with Crippen molar-refractivity contribution in [3.63, 3.8) is 0 Å². The van der Waals surface area contributed by atoms with Gasteiger partial charge in [0.1, 0.15) is 0 Å². The molecule has 8 heteroatoms. The minimum absolute atomic E-state index is 0.0924. The highest BCUT2D eigenvalue weighted by atomic mass is 19.4. The minimum Gasteiger partial charge on any atom is -0.491 e. The molecule has 0 aliphatic heterocycles. The third-order valence-electron chi connectivity index (χ3n) is 4.54. The zero-order chi connectivity index (χ0) is 22.6. The first-order valence-electron chi connectivity index (χ1n) is 9.42. The summed E-state index contributed by atoms with van der Waals surface area (Å²) in [7, 11) is 0. The van der Waals surface area contributed by atoms with Crippen molar-refractivity contribution in [1.29, 1.82) is 0 Å². The Kier molecular flexibility index (Phi) is 6.77. The summed E-state index contributed by atoms with van der Waals surface area (Å²) in [6.07, 6.45) is -4.12. The fourth-order valence-corrected chi connectivity index (χ4v) is 3.07. The summed E-state index contributed by atoms with van der Waals surface area (Å²) in [6.45, 7) is 1.88. The van der Waals surface area contributed by atoms with E-state index in [9.17, 15) is 26.3 Å². The standard InChI is InChI=1S/C23H18F6O2/c1-2-30-20-12-10-17(21(25)22(20)26)16-8-5-14(6-9-16)3-4-15-7-11-19(18(24)13-15)31-23(27,28)29/h5-13H,2-4H2,1H3. The molecule has 0 radical (unpaired) electrons. The van der Waals surface area contributed by atoms with Crippen LogP contribution in [-0.4, -0.2) is 13.0 Å². The number of alkyl halides is 3. The van der Waals surface area contributed by atoms with Crippen LogP contribution in [0.2, 0.25) is 0 Å². The topological polar surface area (TPSA) is 18.5 Å². The number of halogens is 6. The van der Waals surface area contributed by atoms with Crippen molar-refractivity contribution in [2.75, 3.05) is 6.61 Å². The molecule has 0 aromatic heterocycles. The number of hydrogen-bond acceptors (Lipinski definition) is 2. The molecule has 3 rings (SSSR count). The molecule has 0 saturated carbocycles. The van der Waals surface area contributed by atoms with Gasteiger partial charge in [0.25, 0.3) is 0 Å². The zero-order valence-electron chi connectivity index (χ0n) is 16.4. The Morgan fingerprint density at radius 1 is 0.742 bits per heavy atom. The molecule has 0 amide bonds. The van der Waals surface area contributed by atoms with E-state index in [0.29, 0.717) is 24.0 Å². The van der Waals surface area contributed by atoms with Crippen LogP contribution < -0.4 is 9.47 Å². The fraction of sp³-hybridized carbons (Fsp3) is 0.217. The Balaban J connectivity index is 1.68. The molecule has 0 spiro atoms. The van der Waals surface area contributed by atoms with Crippen molar-refractivity contribution in [1.82, 2.24) is 0 Å². The van der Waals surface area contributed by atoms with E-state index in [1.807, 2.05) is 0 Å². The van der Waals surface area contributed by atoms with Gasteiger partial charge in [0.05, 0.1) is 6.61 Å². The smallest absolute Gasteiger partial charge is 0.491 e. The van der Waals surface area contributed by atoms with Crippen LogP contribution in [0.25, 0.3) is 11.1 Å². The maximum atomic E-state index is 14.3. The number of ether oxygens (including phenoxy) is 2. The van der Waals surface area contributed by atoms with Crippen molar-refractivity contribution < 1.29 is 35.8 Å². The summed E-state index contributed by atoms with van der Waals surface area (Å²) >= 11 is 0. The minimum atomic E-state index is -4.96. The molecule has 0 atom stereocenters. The van der Waals surface area contributed by atoms with Gasteiger partial charge in [-0.2, -0.15) is 4.39 Å². The Morgan fingerprint density at radius 3 is 1.97 bits per heavy atom. The van der Waals surface area contributed by atoms with Gasteiger partial charge in [-0.25, -0.2) is 8.78 Å². The Hall–Kier alpha value is -3.16. The molecule has 0 bridgehead atoms. The third kappa shape index (κ3) is 5.71. The molecule has 0 aliphatic rings. The van der Waals surface area contributed by atoms with Gasteiger partial charge in [0.15, 0.2) is 23.1 Å². The molecule has 0 saturated heterocycles. The zero-order valence-corrected chi connectivity index (χ0v) is 16.4. The maximum Gasteiger partial charge on any atom is 0.573 e. The van der Waals surface area contributed by atoms with E-state index in [0.717, 1.165) is 17.7 Å². The van der Waals surface area contributed by atoms with Crippen LogP contribution in [0.4, 0.5) is 26.3 Å². The van der Waals surface area contributed by atoms with Crippen LogP contribution in [0.1, 0.15) is 18.1 Å². The SMILES string of the molecule is CCOc1ccc(-c2ccc(CCc3ccc(OC(F)(F)F)c(F)c3)cc2)c(F)c1F. The fourth-order valence-electron chi connectivity index (χ4n) is 3.07. The molecule has 3 aromatic carbocycles. The molecule has 0 aliphatic carbocycles. The summed E-state index contributed by atoms with van der Waals surface area (Å²) in [4.78, 5) is 0. The largest absolute Gasteiger partial charge is 0.573 e. The molecule has 0 unspecified atom stereocenters. The van der Waals surface area contributed by atoms with Crippen molar-refractivity contribution in [3.05, 3.63) is 83.2 Å². The Labute approximate surface area is 175 Å². The molecule has 0 heterocycles. The molecule has 3 aromatic rings. The lowest BCUT2D eigenvalue weighted by molar-refractivity contribution is -0.275. The highest BCUT2D eigenvalue weighted by molar-refractivity contribution is 5.65. The van der Waals surface area contributed by atoms with Crippen LogP contribution in [-0.2, 0) is 12.8 Å². The monoisotopic (exact) mass is 440 g/mol. The van der Waals surface area contributed by atoms with E-state index in [4.69, 9.17) is 4.74 Å². The van der Waals surface area contributed by atoms with Gasteiger partial charge >= 0.3 is 6.36 Å². The normalized spacial score (nSPS) is 11.5. The van der Waals surface area contributed by atoms with E-state index >= 15 is 0 Å². The van der Waals surface area contributed by atoms with Crippen molar-refractivity contribution in [2.45, 2.75) is 26.1 Å². The van der Waals surface area contributed by atoms with Crippen LogP contribution in [0, 0.1) is 17.5 Å². The number of hydrogen-bond donors (Lipinski definition) is 0. The van der Waals surface area contributed by atoms with Gasteiger partial charge in [-0.05, 0) is 60.7 Å². The van der Waals surface area contributed by atoms with Gasteiger partial charge in [-0.1, -0.05) is 30.3 Å². The predicted molar refractivity (Wildman–Crippen MR) is 103 cm³/mol. The summed E-state index contributed by atoms with van der Waals surface area (Å²) < 4.78 is 87.5. The first-order chi connectivity index (χ1) is 14.7. The molecule has 0 fully saturated rings. The number of aryl methyl sites for hydroxylation is 2. The average molecular weight is 440 g/mol. The van der Waals surface area contributed by atoms with Crippen LogP contribution >= 0.6 is 0 Å². The first-order valence-corrected chi connectivity index (χ1v) is 9.42. The van der Waals surface area contributed by atoms with Crippen LogP contribution in [0.5, 0.6) is 11.5 Å². The second-order valence-electron chi connectivity index (χ2n) is 6.68. The molecule has 31 heavy (non-hydrogen) atoms. The van der Waals surface area contributed by atoms with Gasteiger partial charge in [-0.15, -0.1) is 13.2 Å². The van der Waals surface area contributed by atoms with Gasteiger partial charge in [-0.3, -0.25) is 0 Å². The number of benzene rings is 3. The van der Waals surface area contributed by atoms with Gasteiger partial charge in [0, 0.05) is 5.56 Å². The quantitative estimate of drug-likeness (QED) is 0.374. The highest BCUT2D eigenvalue weighted by Crippen LogP contribution is 2.30. The molecule has 2 nitrogen and oxygen atoms in total. The second-order valence-corrected chi connectivity index (χ2v) is 6.68. The van der Waals surface area contributed by atoms with Crippen LogP contribution in [0.3, 0.4) is 0 Å². The van der Waals surface area contributed by atoms with E-state index in [1.165, 1.54) is 18.2 Å². The van der Waals surface area contributed by atoms with Crippen LogP contribution in [0.15, 0.2) is 54.6 Å².